The van der Waals surface area contributed by atoms with Crippen molar-refractivity contribution >= 4 is 21.8 Å². The number of carbonyl (C=O) groups excluding carboxylic acids is 1. The van der Waals surface area contributed by atoms with Crippen LogP contribution in [0.4, 0.5) is 0 Å². The highest BCUT2D eigenvalue weighted by Gasteiger charge is 2.26. The van der Waals surface area contributed by atoms with Crippen LogP contribution in [0.25, 0.3) is 5.69 Å². The smallest absolute Gasteiger partial charge is 0.276 e. The summed E-state index contributed by atoms with van der Waals surface area (Å²) in [5, 5.41) is 8.38. The molecule has 1 fully saturated rings. The summed E-state index contributed by atoms with van der Waals surface area (Å²) in [5.74, 6) is -0.110. The summed E-state index contributed by atoms with van der Waals surface area (Å²) in [6.45, 7) is 1.27. The Morgan fingerprint density at radius 3 is 2.75 bits per heavy atom. The zero-order valence-corrected chi connectivity index (χ0v) is 12.3. The van der Waals surface area contributed by atoms with Gasteiger partial charge in [0.25, 0.3) is 5.91 Å². The highest BCUT2D eigenvalue weighted by Crippen LogP contribution is 2.14. The summed E-state index contributed by atoms with van der Waals surface area (Å²) in [6, 6.07) is 7.63. The van der Waals surface area contributed by atoms with Gasteiger partial charge in [0.1, 0.15) is 0 Å². The van der Waals surface area contributed by atoms with Crippen molar-refractivity contribution in [3.8, 4) is 5.69 Å². The fraction of sp³-hybridized carbons (Fsp3) is 0.308. The molecular formula is C13H14BrN5O. The number of nitrogens with two attached hydrogens (primary N) is 1. The Kier molecular flexibility index (Phi) is 3.54. The second kappa shape index (κ2) is 5.34. The van der Waals surface area contributed by atoms with Crippen molar-refractivity contribution < 1.29 is 4.79 Å². The van der Waals surface area contributed by atoms with Gasteiger partial charge >= 0.3 is 0 Å². The van der Waals surface area contributed by atoms with Gasteiger partial charge in [-0.3, -0.25) is 4.79 Å². The molecule has 2 N–H and O–H groups in total. The topological polar surface area (TPSA) is 77.0 Å². The van der Waals surface area contributed by atoms with E-state index in [1.165, 1.54) is 11.0 Å². The molecule has 1 atom stereocenters. The second-order valence-electron chi connectivity index (χ2n) is 4.80. The van der Waals surface area contributed by atoms with Gasteiger partial charge in [0, 0.05) is 23.6 Å². The first-order valence-corrected chi connectivity index (χ1v) is 7.16. The van der Waals surface area contributed by atoms with E-state index < -0.39 is 0 Å². The maximum Gasteiger partial charge on any atom is 0.276 e. The number of halogens is 1. The molecule has 7 heteroatoms. The van der Waals surface area contributed by atoms with Crippen LogP contribution in [0.5, 0.6) is 0 Å². The van der Waals surface area contributed by atoms with Gasteiger partial charge in [-0.05, 0) is 30.7 Å². The molecule has 1 amide bonds. The quantitative estimate of drug-likeness (QED) is 0.894. The van der Waals surface area contributed by atoms with Crippen molar-refractivity contribution in [2.24, 2.45) is 5.73 Å². The predicted molar refractivity (Wildman–Crippen MR) is 77.6 cm³/mol. The minimum Gasteiger partial charge on any atom is -0.336 e. The Bertz CT molecular complexity index is 624. The number of carbonyl (C=O) groups is 1. The van der Waals surface area contributed by atoms with Crippen LogP contribution < -0.4 is 5.73 Å². The zero-order valence-electron chi connectivity index (χ0n) is 10.7. The first kappa shape index (κ1) is 13.3. The Labute approximate surface area is 124 Å². The third kappa shape index (κ3) is 2.59. The lowest BCUT2D eigenvalue weighted by Crippen LogP contribution is -2.32. The minimum absolute atomic E-state index is 0.0699. The maximum absolute atomic E-state index is 12.2. The largest absolute Gasteiger partial charge is 0.336 e. The number of aromatic nitrogens is 3. The van der Waals surface area contributed by atoms with Crippen LogP contribution >= 0.6 is 15.9 Å². The molecule has 0 saturated carbocycles. The molecule has 1 unspecified atom stereocenters. The Balaban J connectivity index is 1.79. The average Bonchev–Trinajstić information content (AvgIpc) is 3.08. The monoisotopic (exact) mass is 335 g/mol. The number of hydrogen-bond donors (Lipinski definition) is 1. The third-order valence-electron chi connectivity index (χ3n) is 3.28. The lowest BCUT2D eigenvalue weighted by Gasteiger charge is -2.13. The van der Waals surface area contributed by atoms with Gasteiger partial charge in [-0.1, -0.05) is 15.9 Å². The van der Waals surface area contributed by atoms with Gasteiger partial charge in [-0.15, -0.1) is 5.10 Å². The Hall–Kier alpha value is -1.73. The molecule has 0 radical (unpaired) electrons. The van der Waals surface area contributed by atoms with Gasteiger partial charge < -0.3 is 10.6 Å². The molecule has 6 nitrogen and oxygen atoms in total. The fourth-order valence-corrected chi connectivity index (χ4v) is 2.46. The third-order valence-corrected chi connectivity index (χ3v) is 3.81. The van der Waals surface area contributed by atoms with E-state index in [1.807, 2.05) is 24.3 Å². The highest BCUT2D eigenvalue weighted by atomic mass is 79.9. The summed E-state index contributed by atoms with van der Waals surface area (Å²) >= 11 is 3.37. The molecule has 2 heterocycles. The molecule has 20 heavy (non-hydrogen) atoms. The van der Waals surface area contributed by atoms with E-state index in [4.69, 9.17) is 5.73 Å². The van der Waals surface area contributed by atoms with Crippen molar-refractivity contribution in [3.63, 3.8) is 0 Å². The summed E-state index contributed by atoms with van der Waals surface area (Å²) in [6.07, 6.45) is 2.33. The first-order chi connectivity index (χ1) is 9.63. The van der Waals surface area contributed by atoms with E-state index in [0.717, 1.165) is 16.6 Å². The van der Waals surface area contributed by atoms with Crippen molar-refractivity contribution in [3.05, 3.63) is 40.6 Å². The molecule has 1 saturated heterocycles. The molecule has 1 aliphatic rings. The van der Waals surface area contributed by atoms with E-state index in [-0.39, 0.29) is 11.9 Å². The molecule has 1 aromatic heterocycles. The molecule has 104 valence electrons. The summed E-state index contributed by atoms with van der Waals surface area (Å²) in [5.41, 5.74) is 6.97. The molecule has 1 aromatic carbocycles. The number of nitrogens with zero attached hydrogens (tertiary/aromatic N) is 4. The lowest BCUT2D eigenvalue weighted by atomic mass is 10.3. The molecular weight excluding hydrogens is 322 g/mol. The molecule has 2 aromatic rings. The fourth-order valence-electron chi connectivity index (χ4n) is 2.19. The van der Waals surface area contributed by atoms with Crippen LogP contribution in [0.2, 0.25) is 0 Å². The second-order valence-corrected chi connectivity index (χ2v) is 5.71. The summed E-state index contributed by atoms with van der Waals surface area (Å²) in [4.78, 5) is 15.4. The molecule has 3 rings (SSSR count). The van der Waals surface area contributed by atoms with Crippen LogP contribution in [-0.4, -0.2) is 44.9 Å². The van der Waals surface area contributed by atoms with Crippen LogP contribution in [-0.2, 0) is 0 Å². The Morgan fingerprint density at radius 2 is 2.10 bits per heavy atom. The maximum atomic E-state index is 12.2. The lowest BCUT2D eigenvalue weighted by molar-refractivity contribution is 0.0784. The number of rotatable bonds is 2. The Morgan fingerprint density at radius 1 is 1.35 bits per heavy atom. The number of benzene rings is 1. The van der Waals surface area contributed by atoms with Crippen molar-refractivity contribution in [2.75, 3.05) is 13.1 Å². The van der Waals surface area contributed by atoms with Crippen LogP contribution in [0.1, 0.15) is 16.9 Å². The van der Waals surface area contributed by atoms with Gasteiger partial charge in [-0.2, -0.15) is 9.90 Å². The zero-order chi connectivity index (χ0) is 14.1. The molecule has 0 aliphatic carbocycles. The van der Waals surface area contributed by atoms with Gasteiger partial charge in [-0.25, -0.2) is 0 Å². The molecule has 0 bridgehead atoms. The minimum atomic E-state index is -0.110. The SMILES string of the molecule is NC1CCN(C(=O)c2cnn(-c3ccc(Br)cc3)n2)C1. The summed E-state index contributed by atoms with van der Waals surface area (Å²) in [7, 11) is 0. The van der Waals surface area contributed by atoms with Gasteiger partial charge in [0.2, 0.25) is 0 Å². The van der Waals surface area contributed by atoms with Crippen LogP contribution in [0.3, 0.4) is 0 Å². The van der Waals surface area contributed by atoms with Crippen molar-refractivity contribution in [1.82, 2.24) is 19.9 Å². The van der Waals surface area contributed by atoms with E-state index in [9.17, 15) is 4.79 Å². The van der Waals surface area contributed by atoms with Crippen molar-refractivity contribution in [2.45, 2.75) is 12.5 Å². The molecule has 0 spiro atoms. The number of amides is 1. The van der Waals surface area contributed by atoms with E-state index in [1.54, 1.807) is 4.90 Å². The predicted octanol–water partition coefficient (Wildman–Crippen LogP) is 1.20. The summed E-state index contributed by atoms with van der Waals surface area (Å²) < 4.78 is 0.982. The van der Waals surface area contributed by atoms with Crippen molar-refractivity contribution in [1.29, 1.82) is 0 Å². The molecule has 1 aliphatic heterocycles. The van der Waals surface area contributed by atoms with E-state index in [0.29, 0.717) is 18.8 Å². The standard InChI is InChI=1S/C13H14BrN5O/c14-9-1-3-11(4-2-9)19-16-7-12(17-19)13(20)18-6-5-10(15)8-18/h1-4,7,10H,5-6,8,15H2. The van der Waals surface area contributed by atoms with Gasteiger partial charge in [0.15, 0.2) is 5.69 Å². The number of hydrogen-bond acceptors (Lipinski definition) is 4. The first-order valence-electron chi connectivity index (χ1n) is 6.36. The normalized spacial score (nSPS) is 18.5. The number of likely N-dealkylation sites (tertiary alicyclic amines) is 1. The highest BCUT2D eigenvalue weighted by molar-refractivity contribution is 9.10. The van der Waals surface area contributed by atoms with E-state index >= 15 is 0 Å². The van der Waals surface area contributed by atoms with Gasteiger partial charge in [0.05, 0.1) is 11.9 Å². The average molecular weight is 336 g/mol. The van der Waals surface area contributed by atoms with Crippen LogP contribution in [0.15, 0.2) is 34.9 Å². The van der Waals surface area contributed by atoms with E-state index in [2.05, 4.69) is 26.1 Å². The van der Waals surface area contributed by atoms with Crippen LogP contribution in [0, 0.1) is 0 Å².